The lowest BCUT2D eigenvalue weighted by Gasteiger charge is -2.23. The van der Waals surface area contributed by atoms with E-state index in [-0.39, 0.29) is 6.42 Å². The molecule has 0 radical (unpaired) electrons. The fourth-order valence-corrected chi connectivity index (χ4v) is 1.31. The number of allylic oxidation sites excluding steroid dienone is 4. The van der Waals surface area contributed by atoms with Crippen molar-refractivity contribution in [3.05, 3.63) is 23.3 Å². The average molecular weight is 176 g/mol. The highest BCUT2D eigenvalue weighted by Crippen LogP contribution is 2.38. The predicted molar refractivity (Wildman–Crippen MR) is 41.7 cm³/mol. The van der Waals surface area contributed by atoms with Crippen LogP contribution in [0.25, 0.3) is 0 Å². The Bertz CT molecular complexity index is 233. The standard InChI is InChI=1S/C9H11F3/c1-6-3-4-7(2)8(5-6)9(10,11)12/h3-4,8H,5H2,1-2H3. The van der Waals surface area contributed by atoms with Crippen molar-refractivity contribution < 1.29 is 13.2 Å². The van der Waals surface area contributed by atoms with Gasteiger partial charge in [0.2, 0.25) is 0 Å². The van der Waals surface area contributed by atoms with Gasteiger partial charge in [0, 0.05) is 0 Å². The van der Waals surface area contributed by atoms with Gasteiger partial charge in [-0.2, -0.15) is 13.2 Å². The Hall–Kier alpha value is -0.730. The molecule has 0 bridgehead atoms. The highest BCUT2D eigenvalue weighted by atomic mass is 19.4. The Morgan fingerprint density at radius 1 is 1.25 bits per heavy atom. The fourth-order valence-electron chi connectivity index (χ4n) is 1.31. The maximum absolute atomic E-state index is 12.3. The molecule has 1 atom stereocenters. The Kier molecular flexibility index (Phi) is 2.31. The molecule has 12 heavy (non-hydrogen) atoms. The van der Waals surface area contributed by atoms with E-state index in [4.69, 9.17) is 0 Å². The van der Waals surface area contributed by atoms with E-state index in [0.717, 1.165) is 5.57 Å². The monoisotopic (exact) mass is 176 g/mol. The molecule has 0 aromatic carbocycles. The molecule has 3 heteroatoms. The van der Waals surface area contributed by atoms with Gasteiger partial charge in [-0.3, -0.25) is 0 Å². The molecular formula is C9H11F3. The van der Waals surface area contributed by atoms with Crippen molar-refractivity contribution in [1.29, 1.82) is 0 Å². The zero-order chi connectivity index (χ0) is 9.35. The topological polar surface area (TPSA) is 0 Å². The molecule has 0 amide bonds. The van der Waals surface area contributed by atoms with Gasteiger partial charge in [-0.25, -0.2) is 0 Å². The lowest BCUT2D eigenvalue weighted by molar-refractivity contribution is -0.163. The molecule has 0 aromatic rings. The highest BCUT2D eigenvalue weighted by Gasteiger charge is 2.40. The van der Waals surface area contributed by atoms with Crippen molar-refractivity contribution in [1.82, 2.24) is 0 Å². The highest BCUT2D eigenvalue weighted by molar-refractivity contribution is 5.25. The molecule has 0 aromatic heterocycles. The van der Waals surface area contributed by atoms with Crippen LogP contribution < -0.4 is 0 Å². The first-order valence-corrected chi connectivity index (χ1v) is 3.82. The van der Waals surface area contributed by atoms with Crippen LogP contribution in [0.3, 0.4) is 0 Å². The third kappa shape index (κ3) is 1.90. The fraction of sp³-hybridized carbons (Fsp3) is 0.556. The van der Waals surface area contributed by atoms with Crippen molar-refractivity contribution in [3.63, 3.8) is 0 Å². The lowest BCUT2D eigenvalue weighted by atomic mass is 9.88. The second kappa shape index (κ2) is 2.96. The third-order valence-corrected chi connectivity index (χ3v) is 2.10. The minimum atomic E-state index is -4.09. The molecule has 0 fully saturated rings. The molecule has 1 rings (SSSR count). The van der Waals surface area contributed by atoms with Crippen LogP contribution >= 0.6 is 0 Å². The molecule has 0 saturated carbocycles. The van der Waals surface area contributed by atoms with Crippen LogP contribution in [0.4, 0.5) is 13.2 Å². The zero-order valence-electron chi connectivity index (χ0n) is 7.07. The summed E-state index contributed by atoms with van der Waals surface area (Å²) in [5, 5.41) is 0. The minimum Gasteiger partial charge on any atom is -0.170 e. The van der Waals surface area contributed by atoms with E-state index in [9.17, 15) is 13.2 Å². The number of halogens is 3. The van der Waals surface area contributed by atoms with Crippen molar-refractivity contribution in [2.45, 2.75) is 26.4 Å². The summed E-state index contributed by atoms with van der Waals surface area (Å²) in [6.07, 6.45) is -0.670. The van der Waals surface area contributed by atoms with E-state index in [1.54, 1.807) is 19.1 Å². The van der Waals surface area contributed by atoms with Gasteiger partial charge >= 0.3 is 6.18 Å². The minimum absolute atomic E-state index is 0.117. The summed E-state index contributed by atoms with van der Waals surface area (Å²) >= 11 is 0. The summed E-state index contributed by atoms with van der Waals surface area (Å²) in [5.74, 6) is -1.26. The molecule has 1 unspecified atom stereocenters. The van der Waals surface area contributed by atoms with Crippen LogP contribution in [0.15, 0.2) is 23.3 Å². The summed E-state index contributed by atoms with van der Waals surface area (Å²) < 4.78 is 36.9. The number of hydrogen-bond acceptors (Lipinski definition) is 0. The van der Waals surface area contributed by atoms with Gasteiger partial charge in [0.05, 0.1) is 5.92 Å². The van der Waals surface area contributed by atoms with Crippen LogP contribution in [0.2, 0.25) is 0 Å². The van der Waals surface area contributed by atoms with Crippen LogP contribution in [0.1, 0.15) is 20.3 Å². The second-order valence-electron chi connectivity index (χ2n) is 3.22. The maximum atomic E-state index is 12.3. The van der Waals surface area contributed by atoms with Gasteiger partial charge < -0.3 is 0 Å². The molecular weight excluding hydrogens is 165 g/mol. The average Bonchev–Trinajstić information content (AvgIpc) is 1.92. The second-order valence-corrected chi connectivity index (χ2v) is 3.22. The normalized spacial score (nSPS) is 24.9. The number of alkyl halides is 3. The van der Waals surface area contributed by atoms with Crippen LogP contribution in [0.5, 0.6) is 0 Å². The van der Waals surface area contributed by atoms with Gasteiger partial charge in [-0.1, -0.05) is 23.3 Å². The van der Waals surface area contributed by atoms with Crippen molar-refractivity contribution in [2.24, 2.45) is 5.92 Å². The first kappa shape index (κ1) is 9.36. The largest absolute Gasteiger partial charge is 0.395 e. The van der Waals surface area contributed by atoms with Gasteiger partial charge in [-0.15, -0.1) is 0 Å². The van der Waals surface area contributed by atoms with E-state index < -0.39 is 12.1 Å². The van der Waals surface area contributed by atoms with Crippen molar-refractivity contribution in [2.75, 3.05) is 0 Å². The van der Waals surface area contributed by atoms with Gasteiger partial charge in [0.25, 0.3) is 0 Å². The van der Waals surface area contributed by atoms with Crippen LogP contribution in [-0.4, -0.2) is 6.18 Å². The zero-order valence-corrected chi connectivity index (χ0v) is 7.07. The quantitative estimate of drug-likeness (QED) is 0.530. The summed E-state index contributed by atoms with van der Waals surface area (Å²) in [5.41, 5.74) is 1.20. The van der Waals surface area contributed by atoms with Gasteiger partial charge in [0.15, 0.2) is 0 Å². The van der Waals surface area contributed by atoms with E-state index in [0.29, 0.717) is 5.57 Å². The van der Waals surface area contributed by atoms with Gasteiger partial charge in [-0.05, 0) is 20.3 Å². The molecule has 1 aliphatic rings. The third-order valence-electron chi connectivity index (χ3n) is 2.10. The molecule has 0 spiro atoms. The van der Waals surface area contributed by atoms with E-state index >= 15 is 0 Å². The first-order chi connectivity index (χ1) is 5.41. The molecule has 0 aliphatic heterocycles. The molecule has 1 aliphatic carbocycles. The van der Waals surface area contributed by atoms with Crippen molar-refractivity contribution >= 4 is 0 Å². The van der Waals surface area contributed by atoms with E-state index in [2.05, 4.69) is 0 Å². The molecule has 0 nitrogen and oxygen atoms in total. The first-order valence-electron chi connectivity index (χ1n) is 3.82. The Morgan fingerprint density at radius 3 is 2.25 bits per heavy atom. The molecule has 0 N–H and O–H groups in total. The SMILES string of the molecule is CC1=CC=C(C)C(C(F)(F)F)C1. The van der Waals surface area contributed by atoms with Crippen LogP contribution in [0, 0.1) is 5.92 Å². The Morgan fingerprint density at radius 2 is 1.83 bits per heavy atom. The van der Waals surface area contributed by atoms with E-state index in [1.165, 1.54) is 6.92 Å². The maximum Gasteiger partial charge on any atom is 0.395 e. The summed E-state index contributed by atoms with van der Waals surface area (Å²) in [6, 6.07) is 0. The predicted octanol–water partition coefficient (Wildman–Crippen LogP) is 3.46. The molecule has 0 heterocycles. The molecule has 68 valence electrons. The molecule has 0 saturated heterocycles. The van der Waals surface area contributed by atoms with Crippen LogP contribution in [-0.2, 0) is 0 Å². The Balaban J connectivity index is 2.84. The lowest BCUT2D eigenvalue weighted by Crippen LogP contribution is -2.25. The number of hydrogen-bond donors (Lipinski definition) is 0. The van der Waals surface area contributed by atoms with E-state index in [1.807, 2.05) is 0 Å². The summed E-state index contributed by atoms with van der Waals surface area (Å²) in [7, 11) is 0. The smallest absolute Gasteiger partial charge is 0.170 e. The summed E-state index contributed by atoms with van der Waals surface area (Å²) in [4.78, 5) is 0. The number of rotatable bonds is 0. The van der Waals surface area contributed by atoms with Gasteiger partial charge in [0.1, 0.15) is 0 Å². The summed E-state index contributed by atoms with van der Waals surface area (Å²) in [6.45, 7) is 3.25. The van der Waals surface area contributed by atoms with Crippen molar-refractivity contribution in [3.8, 4) is 0 Å². The Labute approximate surface area is 69.8 Å².